The van der Waals surface area contributed by atoms with Crippen LogP contribution in [0.3, 0.4) is 0 Å². The summed E-state index contributed by atoms with van der Waals surface area (Å²) in [4.78, 5) is 17.6. The van der Waals surface area contributed by atoms with E-state index in [0.717, 1.165) is 0 Å². The lowest BCUT2D eigenvalue weighted by atomic mass is 10.2. The summed E-state index contributed by atoms with van der Waals surface area (Å²) in [5.41, 5.74) is 0.396. The smallest absolute Gasteiger partial charge is 0.321 e. The standard InChI is InChI=1S/C14H15FN2O3S2/c1-17-10(14(19)20)6-22-13(17)9-5-21-12(16-9)7-3-2-4-8(15)11(7)18/h2-4,9-10,13,18H,5-6H2,1H3,(H,19,20)/t9-,10-,13-/m1/s1. The Morgan fingerprint density at radius 2 is 2.23 bits per heavy atom. The number of benzene rings is 1. The molecule has 0 radical (unpaired) electrons. The van der Waals surface area contributed by atoms with Crippen molar-refractivity contribution in [1.82, 2.24) is 4.90 Å². The third-order valence-corrected chi connectivity index (χ3v) is 6.43. The fraction of sp³-hybridized carbons (Fsp3) is 0.429. The van der Waals surface area contributed by atoms with Gasteiger partial charge in [-0.15, -0.1) is 23.5 Å². The summed E-state index contributed by atoms with van der Waals surface area (Å²) in [6, 6.07) is 3.81. The molecule has 1 saturated heterocycles. The van der Waals surface area contributed by atoms with Crippen LogP contribution >= 0.6 is 23.5 Å². The number of halogens is 1. The summed E-state index contributed by atoms with van der Waals surface area (Å²) in [6.45, 7) is 0. The highest BCUT2D eigenvalue weighted by Gasteiger charge is 2.41. The Morgan fingerprint density at radius 1 is 1.45 bits per heavy atom. The molecule has 2 heterocycles. The van der Waals surface area contributed by atoms with Crippen LogP contribution in [0.1, 0.15) is 5.56 Å². The molecular formula is C14H15FN2O3S2. The lowest BCUT2D eigenvalue weighted by Crippen LogP contribution is -2.42. The number of aromatic hydroxyl groups is 1. The second-order valence-corrected chi connectivity index (χ2v) is 7.35. The van der Waals surface area contributed by atoms with Gasteiger partial charge in [-0.2, -0.15) is 0 Å². The molecule has 0 unspecified atom stereocenters. The Labute approximate surface area is 135 Å². The summed E-state index contributed by atoms with van der Waals surface area (Å²) >= 11 is 3.04. The van der Waals surface area contributed by atoms with Crippen molar-refractivity contribution in [1.29, 1.82) is 0 Å². The fourth-order valence-corrected chi connectivity index (χ4v) is 5.36. The van der Waals surface area contributed by atoms with E-state index in [4.69, 9.17) is 0 Å². The van der Waals surface area contributed by atoms with Crippen LogP contribution < -0.4 is 0 Å². The van der Waals surface area contributed by atoms with Crippen molar-refractivity contribution >= 4 is 34.5 Å². The van der Waals surface area contributed by atoms with Gasteiger partial charge in [-0.05, 0) is 19.2 Å². The zero-order valence-corrected chi connectivity index (χ0v) is 13.4. The lowest BCUT2D eigenvalue weighted by Gasteiger charge is -2.24. The number of likely N-dealkylation sites (N-methyl/N-ethyl adjacent to an activating group) is 1. The number of hydrogen-bond acceptors (Lipinski definition) is 6. The van der Waals surface area contributed by atoms with Crippen LogP contribution in [-0.4, -0.2) is 62.1 Å². The number of carboxylic acid groups (broad SMARTS) is 1. The molecule has 3 rings (SSSR count). The first-order chi connectivity index (χ1) is 10.5. The minimum atomic E-state index is -0.824. The third-order valence-electron chi connectivity index (χ3n) is 3.82. The van der Waals surface area contributed by atoms with Crippen molar-refractivity contribution in [3.63, 3.8) is 0 Å². The van der Waals surface area contributed by atoms with Crippen LogP contribution in [0.2, 0.25) is 0 Å². The van der Waals surface area contributed by atoms with Gasteiger partial charge in [0.05, 0.1) is 17.0 Å². The summed E-state index contributed by atoms with van der Waals surface area (Å²) in [5.74, 6) is -0.643. The first-order valence-corrected chi connectivity index (χ1v) is 8.77. The molecule has 5 nitrogen and oxygen atoms in total. The molecule has 1 aromatic carbocycles. The molecule has 8 heteroatoms. The Kier molecular flexibility index (Phi) is 4.33. The van der Waals surface area contributed by atoms with E-state index in [0.29, 0.717) is 22.1 Å². The van der Waals surface area contributed by atoms with E-state index in [1.807, 2.05) is 4.90 Å². The van der Waals surface area contributed by atoms with Crippen molar-refractivity contribution in [2.75, 3.05) is 18.6 Å². The first kappa shape index (κ1) is 15.6. The highest BCUT2D eigenvalue weighted by molar-refractivity contribution is 8.14. The summed E-state index contributed by atoms with van der Waals surface area (Å²) in [5, 5.41) is 19.6. The van der Waals surface area contributed by atoms with Crippen molar-refractivity contribution in [2.24, 2.45) is 4.99 Å². The molecule has 118 valence electrons. The largest absolute Gasteiger partial charge is 0.504 e. The molecule has 0 aliphatic carbocycles. The monoisotopic (exact) mass is 342 g/mol. The van der Waals surface area contributed by atoms with Gasteiger partial charge in [0, 0.05) is 11.5 Å². The van der Waals surface area contributed by atoms with Crippen molar-refractivity contribution in [3.8, 4) is 5.75 Å². The molecule has 0 saturated carbocycles. The maximum absolute atomic E-state index is 13.4. The average Bonchev–Trinajstić information content (AvgIpc) is 3.08. The van der Waals surface area contributed by atoms with E-state index in [1.54, 1.807) is 24.9 Å². The summed E-state index contributed by atoms with van der Waals surface area (Å²) in [6.07, 6.45) is 0. The zero-order valence-electron chi connectivity index (χ0n) is 11.8. The molecule has 2 aliphatic heterocycles. The maximum atomic E-state index is 13.4. The van der Waals surface area contributed by atoms with E-state index in [2.05, 4.69) is 4.99 Å². The third kappa shape index (κ3) is 2.70. The van der Waals surface area contributed by atoms with Gasteiger partial charge in [0.1, 0.15) is 11.1 Å². The molecule has 2 N–H and O–H groups in total. The predicted octanol–water partition coefficient (Wildman–Crippen LogP) is 1.85. The molecule has 2 aliphatic rings. The predicted molar refractivity (Wildman–Crippen MR) is 86.3 cm³/mol. The van der Waals surface area contributed by atoms with Crippen LogP contribution in [0, 0.1) is 5.82 Å². The van der Waals surface area contributed by atoms with Gasteiger partial charge in [-0.3, -0.25) is 14.7 Å². The number of hydrogen-bond donors (Lipinski definition) is 2. The number of rotatable bonds is 3. The van der Waals surface area contributed by atoms with Gasteiger partial charge >= 0.3 is 5.97 Å². The van der Waals surface area contributed by atoms with Crippen LogP contribution in [0.25, 0.3) is 0 Å². The van der Waals surface area contributed by atoms with E-state index in [-0.39, 0.29) is 17.2 Å². The number of thioether (sulfide) groups is 2. The molecule has 3 atom stereocenters. The number of carboxylic acids is 1. The van der Waals surface area contributed by atoms with Crippen LogP contribution in [-0.2, 0) is 4.79 Å². The Morgan fingerprint density at radius 3 is 2.91 bits per heavy atom. The molecular weight excluding hydrogens is 327 g/mol. The number of phenolic OH excluding ortho intramolecular Hbond substituents is 1. The second-order valence-electron chi connectivity index (χ2n) is 5.19. The van der Waals surface area contributed by atoms with Crippen molar-refractivity contribution in [2.45, 2.75) is 17.5 Å². The van der Waals surface area contributed by atoms with Gasteiger partial charge in [-0.25, -0.2) is 4.39 Å². The maximum Gasteiger partial charge on any atom is 0.321 e. The lowest BCUT2D eigenvalue weighted by molar-refractivity contribution is -0.141. The number of nitrogens with zero attached hydrogens (tertiary/aromatic N) is 2. The highest BCUT2D eigenvalue weighted by Crippen LogP contribution is 2.37. The number of carbonyl (C=O) groups is 1. The molecule has 22 heavy (non-hydrogen) atoms. The van der Waals surface area contributed by atoms with Crippen LogP contribution in [0.15, 0.2) is 23.2 Å². The van der Waals surface area contributed by atoms with Gasteiger partial charge in [0.25, 0.3) is 0 Å². The fourth-order valence-electron chi connectivity index (χ4n) is 2.60. The summed E-state index contributed by atoms with van der Waals surface area (Å²) in [7, 11) is 1.79. The van der Waals surface area contributed by atoms with E-state index >= 15 is 0 Å². The van der Waals surface area contributed by atoms with E-state index in [1.165, 1.54) is 23.9 Å². The number of phenols is 1. The van der Waals surface area contributed by atoms with Gasteiger partial charge in [0.2, 0.25) is 0 Å². The quantitative estimate of drug-likeness (QED) is 0.873. The minimum absolute atomic E-state index is 0.0122. The van der Waals surface area contributed by atoms with E-state index in [9.17, 15) is 19.4 Å². The van der Waals surface area contributed by atoms with Gasteiger partial charge in [-0.1, -0.05) is 6.07 Å². The Bertz CT molecular complexity index is 641. The second kappa shape index (κ2) is 6.10. The normalized spacial score (nSPS) is 28.8. The van der Waals surface area contributed by atoms with Gasteiger partial charge < -0.3 is 10.2 Å². The number of para-hydroxylation sites is 1. The Balaban J connectivity index is 1.80. The minimum Gasteiger partial charge on any atom is -0.504 e. The highest BCUT2D eigenvalue weighted by atomic mass is 32.2. The molecule has 0 spiro atoms. The average molecular weight is 342 g/mol. The summed E-state index contributed by atoms with van der Waals surface area (Å²) < 4.78 is 13.4. The molecule has 0 bridgehead atoms. The van der Waals surface area contributed by atoms with Crippen LogP contribution in [0.4, 0.5) is 4.39 Å². The van der Waals surface area contributed by atoms with Gasteiger partial charge in [0.15, 0.2) is 11.6 Å². The first-order valence-electron chi connectivity index (χ1n) is 6.74. The zero-order chi connectivity index (χ0) is 15.9. The molecule has 1 fully saturated rings. The SMILES string of the molecule is CN1[C@@H](C(=O)O)CS[C@@H]1[C@H]1CSC(c2cccc(F)c2O)=N1. The van der Waals surface area contributed by atoms with Crippen molar-refractivity contribution in [3.05, 3.63) is 29.6 Å². The van der Waals surface area contributed by atoms with Crippen LogP contribution in [0.5, 0.6) is 5.75 Å². The topological polar surface area (TPSA) is 73.1 Å². The molecule has 1 aromatic rings. The molecule has 0 aromatic heterocycles. The van der Waals surface area contributed by atoms with E-state index < -0.39 is 17.8 Å². The van der Waals surface area contributed by atoms with Crippen molar-refractivity contribution < 1.29 is 19.4 Å². The number of aliphatic imine (C=N–C) groups is 1. The number of aliphatic carboxylic acids is 1. The molecule has 0 amide bonds. The Hall–Kier alpha value is -1.25.